The van der Waals surface area contributed by atoms with Crippen molar-refractivity contribution >= 4 is 17.5 Å². The second kappa shape index (κ2) is 6.92. The summed E-state index contributed by atoms with van der Waals surface area (Å²) in [5.41, 5.74) is -2.30. The fourth-order valence-corrected chi connectivity index (χ4v) is 1.43. The maximum Gasteiger partial charge on any atom is 0.356 e. The number of ether oxygens (including phenoxy) is 1. The monoisotopic (exact) mass is 301 g/mol. The van der Waals surface area contributed by atoms with E-state index in [1.165, 1.54) is 0 Å². The summed E-state index contributed by atoms with van der Waals surface area (Å²) >= 11 is 0. The second-order valence-corrected chi connectivity index (χ2v) is 4.19. The van der Waals surface area contributed by atoms with Crippen LogP contribution in [0.5, 0.6) is 0 Å². The summed E-state index contributed by atoms with van der Waals surface area (Å²) in [4.78, 5) is 25.3. The highest BCUT2D eigenvalue weighted by molar-refractivity contribution is 5.88. The van der Waals surface area contributed by atoms with E-state index in [-0.39, 0.29) is 11.5 Å². The van der Waals surface area contributed by atoms with Gasteiger partial charge in [0.05, 0.1) is 31.9 Å². The van der Waals surface area contributed by atoms with Gasteiger partial charge in [0.25, 0.3) is 0 Å². The summed E-state index contributed by atoms with van der Waals surface area (Å²) in [6.45, 7) is -2.12. The molecule has 10 nitrogen and oxygen atoms in total. The van der Waals surface area contributed by atoms with Crippen LogP contribution in [0.15, 0.2) is 12.1 Å². The lowest BCUT2D eigenvalue weighted by molar-refractivity contribution is -0.384. The van der Waals surface area contributed by atoms with Crippen molar-refractivity contribution in [3.05, 3.63) is 27.9 Å². The molecule has 4 N–H and O–H groups in total. The zero-order valence-electron chi connectivity index (χ0n) is 11.1. The first kappa shape index (κ1) is 16.8. The van der Waals surface area contributed by atoms with Gasteiger partial charge in [-0.3, -0.25) is 10.1 Å². The number of aliphatic hydroxyl groups excluding tert-OH is 3. The molecule has 0 saturated heterocycles. The Labute approximate surface area is 119 Å². The first-order chi connectivity index (χ1) is 9.92. The van der Waals surface area contributed by atoms with E-state index in [1.807, 2.05) is 0 Å². The van der Waals surface area contributed by atoms with Crippen molar-refractivity contribution in [3.8, 4) is 0 Å². The van der Waals surface area contributed by atoms with Crippen LogP contribution in [0.4, 0.5) is 11.5 Å². The van der Waals surface area contributed by atoms with E-state index in [9.17, 15) is 30.2 Å². The Hall–Kier alpha value is -2.30. The summed E-state index contributed by atoms with van der Waals surface area (Å²) in [6, 6.07) is 2.13. The van der Waals surface area contributed by atoms with Crippen molar-refractivity contribution < 1.29 is 29.8 Å². The van der Waals surface area contributed by atoms with Gasteiger partial charge in [-0.2, -0.15) is 0 Å². The van der Waals surface area contributed by atoms with Crippen LogP contribution >= 0.6 is 0 Å². The number of nitrogens with one attached hydrogen (secondary N) is 1. The van der Waals surface area contributed by atoms with Gasteiger partial charge in [-0.25, -0.2) is 9.78 Å². The van der Waals surface area contributed by atoms with Crippen molar-refractivity contribution in [2.24, 2.45) is 0 Å². The third-order valence-corrected chi connectivity index (χ3v) is 2.76. The fourth-order valence-electron chi connectivity index (χ4n) is 1.43. The van der Waals surface area contributed by atoms with Gasteiger partial charge in [0.2, 0.25) is 5.82 Å². The smallest absolute Gasteiger partial charge is 0.356 e. The van der Waals surface area contributed by atoms with Gasteiger partial charge in [0, 0.05) is 6.07 Å². The number of anilines is 1. The molecule has 0 unspecified atom stereocenters. The Balaban J connectivity index is 3.29. The van der Waals surface area contributed by atoms with Gasteiger partial charge in [0.1, 0.15) is 5.54 Å². The van der Waals surface area contributed by atoms with Crippen LogP contribution in [0.3, 0.4) is 0 Å². The average molecular weight is 301 g/mol. The van der Waals surface area contributed by atoms with E-state index in [0.717, 1.165) is 19.2 Å². The molecule has 0 aliphatic heterocycles. The lowest BCUT2D eigenvalue weighted by Gasteiger charge is -2.29. The van der Waals surface area contributed by atoms with Gasteiger partial charge in [-0.1, -0.05) is 0 Å². The normalized spacial score (nSPS) is 11.0. The molecule has 21 heavy (non-hydrogen) atoms. The molecule has 10 heteroatoms. The zero-order valence-corrected chi connectivity index (χ0v) is 11.1. The van der Waals surface area contributed by atoms with E-state index < -0.39 is 41.9 Å². The molecular formula is C11H15N3O7. The third kappa shape index (κ3) is 3.62. The van der Waals surface area contributed by atoms with E-state index in [0.29, 0.717) is 0 Å². The van der Waals surface area contributed by atoms with Crippen LogP contribution in [0.2, 0.25) is 0 Å². The fraction of sp³-hybridized carbons (Fsp3) is 0.455. The molecular weight excluding hydrogens is 286 g/mol. The molecule has 0 aliphatic carbocycles. The summed E-state index contributed by atoms with van der Waals surface area (Å²) in [6.07, 6.45) is 0. The minimum atomic E-state index is -1.62. The highest BCUT2D eigenvalue weighted by atomic mass is 16.6. The quantitative estimate of drug-likeness (QED) is 0.279. The summed E-state index contributed by atoms with van der Waals surface area (Å²) in [7, 11) is 1.12. The first-order valence-electron chi connectivity index (χ1n) is 5.77. The first-order valence-corrected chi connectivity index (χ1v) is 5.77. The Kier molecular flexibility index (Phi) is 5.52. The second-order valence-electron chi connectivity index (χ2n) is 4.19. The van der Waals surface area contributed by atoms with E-state index >= 15 is 0 Å². The van der Waals surface area contributed by atoms with Gasteiger partial charge in [-0.05, 0) is 6.07 Å². The van der Waals surface area contributed by atoms with Crippen LogP contribution in [-0.4, -0.2) is 63.7 Å². The van der Waals surface area contributed by atoms with Crippen LogP contribution in [0.1, 0.15) is 10.5 Å². The lowest BCUT2D eigenvalue weighted by Crippen LogP contribution is -2.49. The number of carbonyl (C=O) groups is 1. The largest absolute Gasteiger partial charge is 0.464 e. The average Bonchev–Trinajstić information content (AvgIpc) is 2.51. The van der Waals surface area contributed by atoms with Crippen molar-refractivity contribution in [1.82, 2.24) is 4.98 Å². The minimum absolute atomic E-state index is 0.201. The van der Waals surface area contributed by atoms with Crippen molar-refractivity contribution in [2.45, 2.75) is 5.54 Å². The molecule has 1 aromatic rings. The molecule has 0 saturated carbocycles. The highest BCUT2D eigenvalue weighted by Gasteiger charge is 2.32. The SMILES string of the molecule is COC(=O)c1ccc([N+](=O)[O-])c(NC(CO)(CO)CO)n1. The predicted molar refractivity (Wildman–Crippen MR) is 69.8 cm³/mol. The zero-order chi connectivity index (χ0) is 16.0. The van der Waals surface area contributed by atoms with Crippen molar-refractivity contribution in [3.63, 3.8) is 0 Å². The number of aromatic nitrogens is 1. The van der Waals surface area contributed by atoms with Crippen LogP contribution in [0, 0.1) is 10.1 Å². The maximum absolute atomic E-state index is 11.4. The van der Waals surface area contributed by atoms with Crippen LogP contribution < -0.4 is 5.32 Å². The van der Waals surface area contributed by atoms with Gasteiger partial charge in [0.15, 0.2) is 5.69 Å². The van der Waals surface area contributed by atoms with Crippen LogP contribution in [-0.2, 0) is 4.74 Å². The number of nitrogens with zero attached hydrogens (tertiary/aromatic N) is 2. The van der Waals surface area contributed by atoms with Crippen molar-refractivity contribution in [2.75, 3.05) is 32.2 Å². The topological polar surface area (TPSA) is 155 Å². The highest BCUT2D eigenvalue weighted by Crippen LogP contribution is 2.25. The lowest BCUT2D eigenvalue weighted by atomic mass is 10.0. The maximum atomic E-state index is 11.4. The number of carbonyl (C=O) groups excluding carboxylic acids is 1. The predicted octanol–water partition coefficient (Wildman–Crippen LogP) is -1.10. The number of aliphatic hydroxyl groups is 3. The number of rotatable bonds is 7. The summed E-state index contributed by atoms with van der Waals surface area (Å²) in [5.74, 6) is -1.18. The van der Waals surface area contributed by atoms with Gasteiger partial charge < -0.3 is 25.4 Å². The van der Waals surface area contributed by atoms with Crippen molar-refractivity contribution in [1.29, 1.82) is 0 Å². The Morgan fingerprint density at radius 2 is 1.95 bits per heavy atom. The molecule has 0 spiro atoms. The number of esters is 1. The standard InChI is InChI=1S/C11H15N3O7/c1-21-10(18)7-2-3-8(14(19)20)9(12-7)13-11(4-15,5-16)6-17/h2-3,15-17H,4-6H2,1H3,(H,12,13). The van der Waals surface area contributed by atoms with E-state index in [1.54, 1.807) is 0 Å². The molecule has 0 aromatic carbocycles. The Morgan fingerprint density at radius 1 is 1.38 bits per heavy atom. The molecule has 0 atom stereocenters. The molecule has 1 aromatic heterocycles. The van der Waals surface area contributed by atoms with Gasteiger partial charge >= 0.3 is 11.7 Å². The molecule has 1 heterocycles. The molecule has 116 valence electrons. The Morgan fingerprint density at radius 3 is 2.38 bits per heavy atom. The number of pyridine rings is 1. The van der Waals surface area contributed by atoms with Crippen LogP contribution in [0.25, 0.3) is 0 Å². The van der Waals surface area contributed by atoms with E-state index in [2.05, 4.69) is 15.0 Å². The number of methoxy groups -OCH3 is 1. The molecule has 0 amide bonds. The molecule has 1 rings (SSSR count). The molecule has 0 radical (unpaired) electrons. The molecule has 0 fully saturated rings. The van der Waals surface area contributed by atoms with E-state index in [4.69, 9.17) is 0 Å². The summed E-state index contributed by atoms with van der Waals surface area (Å²) in [5, 5.41) is 41.0. The molecule has 0 bridgehead atoms. The minimum Gasteiger partial charge on any atom is -0.464 e. The third-order valence-electron chi connectivity index (χ3n) is 2.76. The molecule has 0 aliphatic rings. The van der Waals surface area contributed by atoms with Gasteiger partial charge in [-0.15, -0.1) is 0 Å². The Bertz CT molecular complexity index is 522. The summed E-state index contributed by atoms with van der Waals surface area (Å²) < 4.78 is 4.45. The number of hydrogen-bond acceptors (Lipinski definition) is 9. The number of nitro groups is 1. The number of hydrogen-bond donors (Lipinski definition) is 4.